The number of aromatic nitrogens is 1. The zero-order valence-corrected chi connectivity index (χ0v) is 24.4. The fraction of sp³-hybridized carbons (Fsp3) is 0.481. The first kappa shape index (κ1) is 30.0. The van der Waals surface area contributed by atoms with Crippen LogP contribution in [0, 0.1) is 5.92 Å². The maximum Gasteiger partial charge on any atom is 0.415 e. The van der Waals surface area contributed by atoms with E-state index >= 15 is 0 Å². The van der Waals surface area contributed by atoms with Crippen LogP contribution in [0.2, 0.25) is 0 Å². The number of amides is 1. The van der Waals surface area contributed by atoms with Crippen LogP contribution >= 0.6 is 11.8 Å². The maximum absolute atomic E-state index is 13.5. The Morgan fingerprint density at radius 2 is 1.80 bits per heavy atom. The molecule has 2 atom stereocenters. The standard InChI is InChI=1S/C27H34N4O7S2/c1-27(2)24(31(18-39-27)40(36,37)22-5-4-10-28-17-22)23(32)16-20(25(33)34)15-19-6-8-21(9-7-19)38-26(35)30-13-11-29(3)12-14-30/h4-10,17,20,24H,11-16,18H2,1-3H3,(H,33,34)/t20-,24-/m1/s1. The second-order valence-corrected chi connectivity index (χ2v) is 14.1. The molecule has 40 heavy (non-hydrogen) atoms. The molecule has 13 heteroatoms. The zero-order valence-electron chi connectivity index (χ0n) is 22.7. The predicted octanol–water partition coefficient (Wildman–Crippen LogP) is 2.57. The number of carboxylic acids is 1. The van der Waals surface area contributed by atoms with Gasteiger partial charge in [-0.3, -0.25) is 14.6 Å². The van der Waals surface area contributed by atoms with Crippen molar-refractivity contribution in [1.29, 1.82) is 0 Å². The highest BCUT2D eigenvalue weighted by Crippen LogP contribution is 2.43. The average Bonchev–Trinajstić information content (AvgIpc) is 3.25. The van der Waals surface area contributed by atoms with Crippen molar-refractivity contribution in [3.05, 3.63) is 54.4 Å². The van der Waals surface area contributed by atoms with Gasteiger partial charge in [-0.25, -0.2) is 13.2 Å². The second-order valence-electron chi connectivity index (χ2n) is 10.6. The van der Waals surface area contributed by atoms with E-state index in [-0.39, 0.29) is 23.6 Å². The molecule has 2 saturated heterocycles. The fourth-order valence-electron chi connectivity index (χ4n) is 4.86. The number of hydrogen-bond donors (Lipinski definition) is 1. The van der Waals surface area contributed by atoms with Gasteiger partial charge in [0.05, 0.1) is 17.8 Å². The first-order valence-electron chi connectivity index (χ1n) is 12.9. The lowest BCUT2D eigenvalue weighted by Gasteiger charge is -2.31. The van der Waals surface area contributed by atoms with Gasteiger partial charge in [0.1, 0.15) is 10.6 Å². The van der Waals surface area contributed by atoms with Crippen LogP contribution in [0.5, 0.6) is 5.75 Å². The Labute approximate surface area is 238 Å². The molecule has 1 aromatic heterocycles. The minimum absolute atomic E-state index is 0.0192. The van der Waals surface area contributed by atoms with Crippen LogP contribution in [0.1, 0.15) is 25.8 Å². The average molecular weight is 591 g/mol. The maximum atomic E-state index is 13.5. The molecule has 4 rings (SSSR count). The lowest BCUT2D eigenvalue weighted by molar-refractivity contribution is -0.144. The third-order valence-electron chi connectivity index (χ3n) is 7.23. The van der Waals surface area contributed by atoms with Crippen molar-refractivity contribution in [3.63, 3.8) is 0 Å². The minimum atomic E-state index is -4.01. The van der Waals surface area contributed by atoms with Crippen LogP contribution in [0.3, 0.4) is 0 Å². The van der Waals surface area contributed by atoms with E-state index in [1.807, 2.05) is 7.05 Å². The van der Waals surface area contributed by atoms with Gasteiger partial charge in [-0.15, -0.1) is 11.8 Å². The molecule has 1 aromatic carbocycles. The number of piperazine rings is 1. The highest BCUT2D eigenvalue weighted by Gasteiger charge is 2.51. The Kier molecular flexibility index (Phi) is 9.18. The number of rotatable bonds is 9. The molecule has 11 nitrogen and oxygen atoms in total. The van der Waals surface area contributed by atoms with Crippen molar-refractivity contribution < 1.29 is 32.6 Å². The number of thioether (sulfide) groups is 1. The van der Waals surface area contributed by atoms with E-state index in [9.17, 15) is 27.9 Å². The van der Waals surface area contributed by atoms with Crippen LogP contribution in [-0.4, -0.2) is 100 Å². The van der Waals surface area contributed by atoms with E-state index in [2.05, 4.69) is 9.88 Å². The summed E-state index contributed by atoms with van der Waals surface area (Å²) in [5.41, 5.74) is 0.652. The Hall–Kier alpha value is -3.00. The van der Waals surface area contributed by atoms with Gasteiger partial charge in [-0.05, 0) is 57.1 Å². The Morgan fingerprint density at radius 3 is 2.40 bits per heavy atom. The fourth-order valence-corrected chi connectivity index (χ4v) is 8.04. The predicted molar refractivity (Wildman–Crippen MR) is 150 cm³/mol. The van der Waals surface area contributed by atoms with E-state index in [4.69, 9.17) is 4.74 Å². The lowest BCUT2D eigenvalue weighted by Crippen LogP contribution is -2.49. The number of carbonyl (C=O) groups is 3. The number of aliphatic carboxylic acids is 1. The van der Waals surface area contributed by atoms with Crippen LogP contribution < -0.4 is 4.74 Å². The number of likely N-dealkylation sites (N-methyl/N-ethyl adjacent to an activating group) is 1. The zero-order chi connectivity index (χ0) is 29.1. The van der Waals surface area contributed by atoms with Crippen molar-refractivity contribution in [3.8, 4) is 5.75 Å². The number of carbonyl (C=O) groups excluding carboxylic acids is 2. The molecule has 0 bridgehead atoms. The summed E-state index contributed by atoms with van der Waals surface area (Å²) in [4.78, 5) is 45.8. The molecule has 3 heterocycles. The van der Waals surface area contributed by atoms with Crippen LogP contribution in [0.25, 0.3) is 0 Å². The molecule has 0 aliphatic carbocycles. The normalized spacial score (nSPS) is 20.7. The number of benzene rings is 1. The highest BCUT2D eigenvalue weighted by atomic mass is 32.2. The summed E-state index contributed by atoms with van der Waals surface area (Å²) < 4.78 is 32.5. The molecule has 0 unspecified atom stereocenters. The lowest BCUT2D eigenvalue weighted by atomic mass is 9.89. The van der Waals surface area contributed by atoms with Crippen LogP contribution in [0.15, 0.2) is 53.7 Å². The van der Waals surface area contributed by atoms with Gasteiger partial charge in [0.15, 0.2) is 5.78 Å². The quantitative estimate of drug-likeness (QED) is 0.464. The van der Waals surface area contributed by atoms with Gasteiger partial charge in [0.2, 0.25) is 10.0 Å². The Morgan fingerprint density at radius 1 is 1.12 bits per heavy atom. The van der Waals surface area contributed by atoms with Crippen molar-refractivity contribution in [2.24, 2.45) is 5.92 Å². The Balaban J connectivity index is 1.43. The van der Waals surface area contributed by atoms with Gasteiger partial charge in [0.25, 0.3) is 0 Å². The molecule has 0 radical (unpaired) electrons. The smallest absolute Gasteiger partial charge is 0.415 e. The van der Waals surface area contributed by atoms with Gasteiger partial charge >= 0.3 is 12.1 Å². The summed E-state index contributed by atoms with van der Waals surface area (Å²) in [6.45, 7) is 6.28. The molecule has 0 saturated carbocycles. The molecule has 1 amide bonds. The van der Waals surface area contributed by atoms with Crippen LogP contribution in [-0.2, 0) is 26.0 Å². The Bertz CT molecular complexity index is 1330. The summed E-state index contributed by atoms with van der Waals surface area (Å²) in [6, 6.07) is 8.44. The summed E-state index contributed by atoms with van der Waals surface area (Å²) in [7, 11) is -2.02. The van der Waals surface area contributed by atoms with Gasteiger partial charge in [0, 0.05) is 49.7 Å². The molecule has 216 valence electrons. The number of ketones is 1. The number of Topliss-reactive ketones (excluding diaryl/α,β-unsaturated/α-hetero) is 1. The molecular formula is C27H34N4O7S2. The third-order valence-corrected chi connectivity index (χ3v) is 10.6. The highest BCUT2D eigenvalue weighted by molar-refractivity contribution is 8.02. The minimum Gasteiger partial charge on any atom is -0.481 e. The SMILES string of the molecule is CN1CCN(C(=O)Oc2ccc(C[C@H](CC(=O)[C@H]3N(S(=O)(=O)c4cccnc4)CSC3(C)C)C(=O)O)cc2)CC1. The molecule has 2 aliphatic rings. The number of carboxylic acid groups (broad SMARTS) is 1. The first-order valence-corrected chi connectivity index (χ1v) is 15.4. The number of sulfonamides is 1. The molecule has 0 spiro atoms. The number of ether oxygens (including phenoxy) is 1. The van der Waals surface area contributed by atoms with E-state index in [1.54, 1.807) is 43.0 Å². The summed E-state index contributed by atoms with van der Waals surface area (Å²) >= 11 is 1.33. The van der Waals surface area contributed by atoms with Crippen molar-refractivity contribution in [1.82, 2.24) is 19.1 Å². The van der Waals surface area contributed by atoms with Crippen molar-refractivity contribution >= 4 is 39.6 Å². The molecule has 2 fully saturated rings. The van der Waals surface area contributed by atoms with Crippen molar-refractivity contribution in [2.45, 2.75) is 42.4 Å². The second kappa shape index (κ2) is 12.2. The van der Waals surface area contributed by atoms with E-state index in [0.717, 1.165) is 17.4 Å². The monoisotopic (exact) mass is 590 g/mol. The van der Waals surface area contributed by atoms with Crippen LogP contribution in [0.4, 0.5) is 4.79 Å². The largest absolute Gasteiger partial charge is 0.481 e. The number of hydrogen-bond acceptors (Lipinski definition) is 9. The molecular weight excluding hydrogens is 556 g/mol. The van der Waals surface area contributed by atoms with E-state index in [0.29, 0.717) is 24.4 Å². The van der Waals surface area contributed by atoms with Gasteiger partial charge in [-0.2, -0.15) is 4.31 Å². The third kappa shape index (κ3) is 6.82. The summed E-state index contributed by atoms with van der Waals surface area (Å²) in [5, 5.41) is 9.92. The van der Waals surface area contributed by atoms with Gasteiger partial charge < -0.3 is 19.6 Å². The summed E-state index contributed by atoms with van der Waals surface area (Å²) in [5.74, 6) is -2.24. The van der Waals surface area contributed by atoms with E-state index in [1.165, 1.54) is 36.3 Å². The van der Waals surface area contributed by atoms with E-state index < -0.39 is 44.6 Å². The first-order chi connectivity index (χ1) is 18.9. The molecule has 2 aliphatic heterocycles. The topological polar surface area (TPSA) is 137 Å². The molecule has 1 N–H and O–H groups in total. The number of pyridine rings is 1. The van der Waals surface area contributed by atoms with Gasteiger partial charge in [-0.1, -0.05) is 12.1 Å². The van der Waals surface area contributed by atoms with Crippen molar-refractivity contribution in [2.75, 3.05) is 39.1 Å². The molecule has 2 aromatic rings. The summed E-state index contributed by atoms with van der Waals surface area (Å²) in [6.07, 6.45) is 2.00. The number of nitrogens with zero attached hydrogens (tertiary/aromatic N) is 4.